The lowest BCUT2D eigenvalue weighted by molar-refractivity contribution is 0.103. The number of aliphatic hydroxyl groups is 2. The van der Waals surface area contributed by atoms with E-state index in [4.69, 9.17) is 10.2 Å². The molecule has 0 aromatic carbocycles. The van der Waals surface area contributed by atoms with Crippen LogP contribution in [0.5, 0.6) is 0 Å². The summed E-state index contributed by atoms with van der Waals surface area (Å²) >= 11 is 0. The smallest absolute Gasteiger partial charge is 0.0607 e. The molecule has 0 aliphatic heterocycles. The van der Waals surface area contributed by atoms with Crippen molar-refractivity contribution in [3.8, 4) is 0 Å². The van der Waals surface area contributed by atoms with Gasteiger partial charge in [-0.05, 0) is 24.7 Å². The summed E-state index contributed by atoms with van der Waals surface area (Å²) in [4.78, 5) is 0. The van der Waals surface area contributed by atoms with Gasteiger partial charge in [0.2, 0.25) is 0 Å². The van der Waals surface area contributed by atoms with Crippen molar-refractivity contribution in [1.82, 2.24) is 5.32 Å². The highest BCUT2D eigenvalue weighted by Gasteiger charge is 2.41. The lowest BCUT2D eigenvalue weighted by atomic mass is 9.71. The molecule has 0 bridgehead atoms. The second-order valence-electron chi connectivity index (χ2n) is 4.07. The molecule has 0 aromatic rings. The molecule has 0 aromatic heterocycles. The van der Waals surface area contributed by atoms with E-state index < -0.39 is 0 Å². The summed E-state index contributed by atoms with van der Waals surface area (Å²) in [7, 11) is 0. The summed E-state index contributed by atoms with van der Waals surface area (Å²) in [5.41, 5.74) is 0. The number of hydrogen-bond donors (Lipinski definition) is 3. The Kier molecular flexibility index (Phi) is 2.67. The molecule has 2 aliphatic carbocycles. The number of allylic oxidation sites excluding steroid dienone is 1. The fourth-order valence-electron chi connectivity index (χ4n) is 2.37. The van der Waals surface area contributed by atoms with Crippen molar-refractivity contribution in [2.45, 2.75) is 24.9 Å². The summed E-state index contributed by atoms with van der Waals surface area (Å²) in [6.07, 6.45) is 6.90. The molecule has 0 amide bonds. The van der Waals surface area contributed by atoms with E-state index >= 15 is 0 Å². The van der Waals surface area contributed by atoms with Crippen molar-refractivity contribution in [1.29, 1.82) is 0 Å². The molecule has 0 saturated heterocycles. The van der Waals surface area contributed by atoms with Crippen molar-refractivity contribution in [2.75, 3.05) is 13.2 Å². The first-order valence-electron chi connectivity index (χ1n) is 4.99. The Bertz CT molecular complexity index is 201. The molecule has 3 atom stereocenters. The summed E-state index contributed by atoms with van der Waals surface area (Å²) in [5, 5.41) is 21.1. The number of rotatable bonds is 4. The van der Waals surface area contributed by atoms with Gasteiger partial charge in [0.15, 0.2) is 0 Å². The number of aliphatic hydroxyl groups excluding tert-OH is 2. The molecule has 2 aliphatic rings. The highest BCUT2D eigenvalue weighted by Crippen LogP contribution is 2.42. The summed E-state index contributed by atoms with van der Waals surface area (Å²) < 4.78 is 0. The van der Waals surface area contributed by atoms with Crippen LogP contribution in [0.25, 0.3) is 0 Å². The SMILES string of the molecule is OCC(CO)NC1CC2CC=CC21. The number of hydrogen-bond acceptors (Lipinski definition) is 3. The van der Waals surface area contributed by atoms with Gasteiger partial charge in [-0.15, -0.1) is 0 Å². The third-order valence-corrected chi connectivity index (χ3v) is 3.25. The Labute approximate surface area is 78.5 Å². The molecule has 74 valence electrons. The van der Waals surface area contributed by atoms with E-state index in [-0.39, 0.29) is 19.3 Å². The largest absolute Gasteiger partial charge is 0.395 e. The Morgan fingerprint density at radius 1 is 1.38 bits per heavy atom. The van der Waals surface area contributed by atoms with Crippen LogP contribution in [0.15, 0.2) is 12.2 Å². The van der Waals surface area contributed by atoms with Crippen LogP contribution in [-0.4, -0.2) is 35.5 Å². The minimum absolute atomic E-state index is 0.0219. The maximum Gasteiger partial charge on any atom is 0.0607 e. The molecule has 2 rings (SSSR count). The predicted molar refractivity (Wildman–Crippen MR) is 50.2 cm³/mol. The van der Waals surface area contributed by atoms with Gasteiger partial charge in [0.05, 0.1) is 19.3 Å². The lowest BCUT2D eigenvalue weighted by Gasteiger charge is -2.42. The number of nitrogens with one attached hydrogen (secondary N) is 1. The Morgan fingerprint density at radius 2 is 2.15 bits per heavy atom. The molecule has 3 heteroatoms. The van der Waals surface area contributed by atoms with E-state index in [1.165, 1.54) is 12.8 Å². The zero-order valence-corrected chi connectivity index (χ0v) is 7.69. The van der Waals surface area contributed by atoms with E-state index in [0.29, 0.717) is 12.0 Å². The quantitative estimate of drug-likeness (QED) is 0.533. The first-order chi connectivity index (χ1) is 6.35. The first kappa shape index (κ1) is 9.19. The fraction of sp³-hybridized carbons (Fsp3) is 0.800. The predicted octanol–water partition coefficient (Wildman–Crippen LogP) is -0.106. The zero-order valence-electron chi connectivity index (χ0n) is 7.69. The van der Waals surface area contributed by atoms with E-state index in [2.05, 4.69) is 17.5 Å². The van der Waals surface area contributed by atoms with Crippen LogP contribution in [-0.2, 0) is 0 Å². The van der Waals surface area contributed by atoms with E-state index in [1.807, 2.05) is 0 Å². The van der Waals surface area contributed by atoms with Gasteiger partial charge in [-0.2, -0.15) is 0 Å². The van der Waals surface area contributed by atoms with Crippen LogP contribution in [0.3, 0.4) is 0 Å². The monoisotopic (exact) mass is 183 g/mol. The molecule has 3 unspecified atom stereocenters. The van der Waals surface area contributed by atoms with Crippen LogP contribution >= 0.6 is 0 Å². The van der Waals surface area contributed by atoms with Crippen molar-refractivity contribution in [2.24, 2.45) is 11.8 Å². The summed E-state index contributed by atoms with van der Waals surface area (Å²) in [6.45, 7) is 0.0439. The Morgan fingerprint density at radius 3 is 2.77 bits per heavy atom. The molecule has 3 N–H and O–H groups in total. The molecule has 1 fully saturated rings. The molecule has 0 spiro atoms. The fourth-order valence-corrected chi connectivity index (χ4v) is 2.37. The van der Waals surface area contributed by atoms with Crippen molar-refractivity contribution < 1.29 is 10.2 Å². The van der Waals surface area contributed by atoms with Crippen LogP contribution < -0.4 is 5.32 Å². The third kappa shape index (κ3) is 1.64. The van der Waals surface area contributed by atoms with Crippen molar-refractivity contribution in [3.05, 3.63) is 12.2 Å². The minimum Gasteiger partial charge on any atom is -0.395 e. The van der Waals surface area contributed by atoms with Gasteiger partial charge in [-0.25, -0.2) is 0 Å². The molecule has 3 nitrogen and oxygen atoms in total. The topological polar surface area (TPSA) is 52.5 Å². The Balaban J connectivity index is 1.80. The van der Waals surface area contributed by atoms with Crippen LogP contribution in [0, 0.1) is 11.8 Å². The molecule has 13 heavy (non-hydrogen) atoms. The average molecular weight is 183 g/mol. The summed E-state index contributed by atoms with van der Waals surface area (Å²) in [6, 6.07) is 0.341. The molecule has 1 saturated carbocycles. The van der Waals surface area contributed by atoms with Gasteiger partial charge in [0, 0.05) is 6.04 Å². The van der Waals surface area contributed by atoms with Crippen LogP contribution in [0.4, 0.5) is 0 Å². The third-order valence-electron chi connectivity index (χ3n) is 3.25. The van der Waals surface area contributed by atoms with Gasteiger partial charge < -0.3 is 15.5 Å². The Hall–Kier alpha value is -0.380. The highest BCUT2D eigenvalue weighted by molar-refractivity contribution is 5.13. The zero-order chi connectivity index (χ0) is 9.26. The molecule has 0 heterocycles. The van der Waals surface area contributed by atoms with Gasteiger partial charge in [0.25, 0.3) is 0 Å². The molecular formula is C10H17NO2. The van der Waals surface area contributed by atoms with E-state index in [0.717, 1.165) is 5.92 Å². The van der Waals surface area contributed by atoms with Gasteiger partial charge >= 0.3 is 0 Å². The number of fused-ring (bicyclic) bond motifs is 1. The normalized spacial score (nSPS) is 36.4. The second kappa shape index (κ2) is 3.78. The standard InChI is InChI=1S/C10H17NO2/c12-5-8(6-13)11-10-4-7-2-1-3-9(7)10/h1,3,7-13H,2,4-6H2. The maximum atomic E-state index is 8.89. The van der Waals surface area contributed by atoms with E-state index in [9.17, 15) is 0 Å². The van der Waals surface area contributed by atoms with Crippen LogP contribution in [0.1, 0.15) is 12.8 Å². The van der Waals surface area contributed by atoms with Crippen molar-refractivity contribution in [3.63, 3.8) is 0 Å². The van der Waals surface area contributed by atoms with Gasteiger partial charge in [-0.1, -0.05) is 12.2 Å². The van der Waals surface area contributed by atoms with Gasteiger partial charge in [-0.3, -0.25) is 0 Å². The molecular weight excluding hydrogens is 166 g/mol. The molecule has 0 radical (unpaired) electrons. The van der Waals surface area contributed by atoms with Crippen molar-refractivity contribution >= 4 is 0 Å². The van der Waals surface area contributed by atoms with Crippen LogP contribution in [0.2, 0.25) is 0 Å². The second-order valence-corrected chi connectivity index (χ2v) is 4.07. The lowest BCUT2D eigenvalue weighted by Crippen LogP contribution is -2.53. The first-order valence-corrected chi connectivity index (χ1v) is 4.99. The minimum atomic E-state index is -0.139. The highest BCUT2D eigenvalue weighted by atomic mass is 16.3. The maximum absolute atomic E-state index is 8.89. The van der Waals surface area contributed by atoms with Gasteiger partial charge in [0.1, 0.15) is 0 Å². The van der Waals surface area contributed by atoms with E-state index in [1.54, 1.807) is 0 Å². The average Bonchev–Trinajstić information content (AvgIpc) is 2.49. The summed E-state index contributed by atoms with van der Waals surface area (Å²) in [5.74, 6) is 1.48.